The first-order chi connectivity index (χ1) is 15.3. The fraction of sp³-hybridized carbons (Fsp3) is 0.480. The summed E-state index contributed by atoms with van der Waals surface area (Å²) < 4.78 is 11.0. The van der Waals surface area contributed by atoms with Gasteiger partial charge in [0.05, 0.1) is 26.4 Å². The zero-order chi connectivity index (χ0) is 21.3. The summed E-state index contributed by atoms with van der Waals surface area (Å²) in [7, 11) is 0. The molecule has 0 unspecified atom stereocenters. The van der Waals surface area contributed by atoms with E-state index in [9.17, 15) is 0 Å². The van der Waals surface area contributed by atoms with Crippen molar-refractivity contribution in [3.05, 3.63) is 64.7 Å². The van der Waals surface area contributed by atoms with Crippen LogP contribution in [0.25, 0.3) is 0 Å². The van der Waals surface area contributed by atoms with Crippen molar-refractivity contribution in [1.29, 1.82) is 0 Å². The van der Waals surface area contributed by atoms with Gasteiger partial charge in [0.15, 0.2) is 5.96 Å². The molecule has 0 spiro atoms. The quantitative estimate of drug-likeness (QED) is 0.506. The van der Waals surface area contributed by atoms with Gasteiger partial charge in [0.2, 0.25) is 0 Å². The van der Waals surface area contributed by atoms with Gasteiger partial charge in [-0.1, -0.05) is 36.4 Å². The first-order valence-corrected chi connectivity index (χ1v) is 11.4. The summed E-state index contributed by atoms with van der Waals surface area (Å²) in [4.78, 5) is 7.21. The third kappa shape index (κ3) is 6.45. The number of fused-ring (bicyclic) bond motifs is 1. The maximum atomic E-state index is 5.60. The summed E-state index contributed by atoms with van der Waals surface area (Å²) in [6, 6.07) is 15.3. The SMILES string of the molecule is CCNC(=NCc1ccc(CN2CCOCC2)cc1)NCCc1ccc2c(c1)CCO2. The second-order valence-corrected chi connectivity index (χ2v) is 8.12. The van der Waals surface area contributed by atoms with Crippen molar-refractivity contribution in [1.82, 2.24) is 15.5 Å². The lowest BCUT2D eigenvalue weighted by atomic mass is 10.1. The average molecular weight is 423 g/mol. The van der Waals surface area contributed by atoms with E-state index in [1.807, 2.05) is 0 Å². The Morgan fingerprint density at radius 1 is 0.968 bits per heavy atom. The van der Waals surface area contributed by atoms with Crippen molar-refractivity contribution >= 4 is 5.96 Å². The van der Waals surface area contributed by atoms with Crippen LogP contribution in [0.4, 0.5) is 0 Å². The Balaban J connectivity index is 1.26. The van der Waals surface area contributed by atoms with Gasteiger partial charge in [-0.25, -0.2) is 4.99 Å². The van der Waals surface area contributed by atoms with Crippen LogP contribution in [0, 0.1) is 0 Å². The first-order valence-electron chi connectivity index (χ1n) is 11.4. The molecular formula is C25H34N4O2. The lowest BCUT2D eigenvalue weighted by molar-refractivity contribution is 0.0342. The number of benzene rings is 2. The molecule has 1 saturated heterocycles. The largest absolute Gasteiger partial charge is 0.493 e. The van der Waals surface area contributed by atoms with E-state index in [1.165, 1.54) is 22.3 Å². The van der Waals surface area contributed by atoms with Crippen LogP contribution in [-0.4, -0.2) is 56.9 Å². The summed E-state index contributed by atoms with van der Waals surface area (Å²) in [5.41, 5.74) is 5.24. The summed E-state index contributed by atoms with van der Waals surface area (Å²) >= 11 is 0. The van der Waals surface area contributed by atoms with Crippen LogP contribution in [0.1, 0.15) is 29.2 Å². The van der Waals surface area contributed by atoms with E-state index in [2.05, 4.69) is 64.9 Å². The highest BCUT2D eigenvalue weighted by molar-refractivity contribution is 5.79. The molecule has 0 aliphatic carbocycles. The van der Waals surface area contributed by atoms with Crippen molar-refractivity contribution in [2.75, 3.05) is 46.0 Å². The minimum atomic E-state index is 0.670. The molecule has 2 N–H and O–H groups in total. The van der Waals surface area contributed by atoms with Crippen LogP contribution in [0.2, 0.25) is 0 Å². The molecule has 2 aliphatic rings. The maximum Gasteiger partial charge on any atom is 0.191 e. The average Bonchev–Trinajstić information content (AvgIpc) is 3.27. The molecule has 166 valence electrons. The van der Waals surface area contributed by atoms with Crippen LogP contribution in [0.3, 0.4) is 0 Å². The highest BCUT2D eigenvalue weighted by Crippen LogP contribution is 2.25. The molecule has 0 saturated carbocycles. The Labute approximate surface area is 185 Å². The molecular weight excluding hydrogens is 388 g/mol. The topological polar surface area (TPSA) is 58.1 Å². The number of rotatable bonds is 8. The number of nitrogens with zero attached hydrogens (tertiary/aromatic N) is 2. The number of morpholine rings is 1. The zero-order valence-electron chi connectivity index (χ0n) is 18.5. The van der Waals surface area contributed by atoms with E-state index in [0.717, 1.165) is 77.1 Å². The molecule has 2 aliphatic heterocycles. The molecule has 31 heavy (non-hydrogen) atoms. The van der Waals surface area contributed by atoms with Gasteiger partial charge in [0.25, 0.3) is 0 Å². The standard InChI is InChI=1S/C25H34N4O2/c1-2-26-25(27-11-9-20-7-8-24-23(17-20)10-14-31-24)28-18-21-3-5-22(6-4-21)19-29-12-15-30-16-13-29/h3-8,17H,2,9-16,18-19H2,1H3,(H2,26,27,28). The van der Waals surface area contributed by atoms with Gasteiger partial charge in [-0.2, -0.15) is 0 Å². The minimum Gasteiger partial charge on any atom is -0.493 e. The van der Waals surface area contributed by atoms with Gasteiger partial charge in [0.1, 0.15) is 5.75 Å². The van der Waals surface area contributed by atoms with Gasteiger partial charge < -0.3 is 20.1 Å². The maximum absolute atomic E-state index is 5.60. The minimum absolute atomic E-state index is 0.670. The molecule has 0 radical (unpaired) electrons. The van der Waals surface area contributed by atoms with Crippen molar-refractivity contribution in [3.63, 3.8) is 0 Å². The Morgan fingerprint density at radius 3 is 2.55 bits per heavy atom. The smallest absolute Gasteiger partial charge is 0.191 e. The second kappa shape index (κ2) is 11.2. The number of hydrogen-bond donors (Lipinski definition) is 2. The molecule has 6 nitrogen and oxygen atoms in total. The number of ether oxygens (including phenoxy) is 2. The molecule has 1 fully saturated rings. The Bertz CT molecular complexity index is 860. The summed E-state index contributed by atoms with van der Waals surface area (Å²) in [6.45, 7) is 9.98. The normalized spacial score (nSPS) is 16.6. The predicted molar refractivity (Wildman–Crippen MR) is 125 cm³/mol. The lowest BCUT2D eigenvalue weighted by Gasteiger charge is -2.26. The van der Waals surface area contributed by atoms with Crippen LogP contribution in [0.5, 0.6) is 5.75 Å². The fourth-order valence-electron chi connectivity index (χ4n) is 4.00. The van der Waals surface area contributed by atoms with Crippen molar-refractivity contribution in [2.45, 2.75) is 32.9 Å². The Kier molecular flexibility index (Phi) is 7.80. The number of guanidine groups is 1. The summed E-state index contributed by atoms with van der Waals surface area (Å²) in [6.07, 6.45) is 1.99. The van der Waals surface area contributed by atoms with Gasteiger partial charge in [-0.15, -0.1) is 0 Å². The van der Waals surface area contributed by atoms with E-state index < -0.39 is 0 Å². The fourth-order valence-corrected chi connectivity index (χ4v) is 4.00. The van der Waals surface area contributed by atoms with Gasteiger partial charge in [-0.05, 0) is 41.7 Å². The molecule has 6 heteroatoms. The number of nitrogens with one attached hydrogen (secondary N) is 2. The molecule has 0 aromatic heterocycles. The van der Waals surface area contributed by atoms with Crippen LogP contribution in [-0.2, 0) is 30.7 Å². The summed E-state index contributed by atoms with van der Waals surface area (Å²) in [5.74, 6) is 1.91. The third-order valence-electron chi connectivity index (χ3n) is 5.76. The molecule has 2 aromatic carbocycles. The van der Waals surface area contributed by atoms with E-state index >= 15 is 0 Å². The van der Waals surface area contributed by atoms with Gasteiger partial charge in [0, 0.05) is 39.1 Å². The number of aliphatic imine (C=N–C) groups is 1. The highest BCUT2D eigenvalue weighted by Gasteiger charge is 2.12. The van der Waals surface area contributed by atoms with Crippen molar-refractivity contribution in [2.24, 2.45) is 4.99 Å². The monoisotopic (exact) mass is 422 g/mol. The first kappa shape index (κ1) is 21.7. The van der Waals surface area contributed by atoms with Crippen LogP contribution >= 0.6 is 0 Å². The summed E-state index contributed by atoms with van der Waals surface area (Å²) in [5, 5.41) is 6.81. The number of hydrogen-bond acceptors (Lipinski definition) is 4. The van der Waals surface area contributed by atoms with E-state index in [4.69, 9.17) is 14.5 Å². The zero-order valence-corrected chi connectivity index (χ0v) is 18.5. The van der Waals surface area contributed by atoms with Gasteiger partial charge in [-0.3, -0.25) is 4.90 Å². The molecule has 4 rings (SSSR count). The predicted octanol–water partition coefficient (Wildman–Crippen LogP) is 2.75. The third-order valence-corrected chi connectivity index (χ3v) is 5.76. The van der Waals surface area contributed by atoms with Crippen molar-refractivity contribution in [3.8, 4) is 5.75 Å². The molecule has 0 bridgehead atoms. The molecule has 2 heterocycles. The van der Waals surface area contributed by atoms with Crippen LogP contribution in [0.15, 0.2) is 47.5 Å². The van der Waals surface area contributed by atoms with E-state index in [-0.39, 0.29) is 0 Å². The Morgan fingerprint density at radius 2 is 1.74 bits per heavy atom. The van der Waals surface area contributed by atoms with Gasteiger partial charge >= 0.3 is 0 Å². The lowest BCUT2D eigenvalue weighted by Crippen LogP contribution is -2.38. The molecule has 0 amide bonds. The second-order valence-electron chi connectivity index (χ2n) is 8.12. The molecule has 0 atom stereocenters. The van der Waals surface area contributed by atoms with E-state index in [1.54, 1.807) is 0 Å². The molecule has 2 aromatic rings. The van der Waals surface area contributed by atoms with Crippen molar-refractivity contribution < 1.29 is 9.47 Å². The van der Waals surface area contributed by atoms with E-state index in [0.29, 0.717) is 6.54 Å². The highest BCUT2D eigenvalue weighted by atomic mass is 16.5. The Hall–Kier alpha value is -2.57. The van der Waals surface area contributed by atoms with Crippen LogP contribution < -0.4 is 15.4 Å².